The zero-order chi connectivity index (χ0) is 22.1. The third-order valence-electron chi connectivity index (χ3n) is 4.60. The highest BCUT2D eigenvalue weighted by Gasteiger charge is 2.37. The molecule has 0 amide bonds. The molecule has 162 valence electrons. The van der Waals surface area contributed by atoms with Crippen LogP contribution in [0.4, 0.5) is 24.5 Å². The van der Waals surface area contributed by atoms with Crippen molar-refractivity contribution in [2.75, 3.05) is 17.5 Å². The number of rotatable bonds is 7. The Labute approximate surface area is 177 Å². The maximum absolute atomic E-state index is 13.8. The van der Waals surface area contributed by atoms with Crippen LogP contribution in [0.3, 0.4) is 0 Å². The minimum absolute atomic E-state index is 0.00681. The molecule has 1 heterocycles. The molecular weight excluding hydrogens is 431 g/mol. The van der Waals surface area contributed by atoms with Gasteiger partial charge >= 0.3 is 6.18 Å². The van der Waals surface area contributed by atoms with Crippen LogP contribution >= 0.6 is 0 Å². The first kappa shape index (κ1) is 21.2. The van der Waals surface area contributed by atoms with Crippen LogP contribution in [-0.4, -0.2) is 27.7 Å². The van der Waals surface area contributed by atoms with Gasteiger partial charge in [-0.15, -0.1) is 0 Å². The van der Waals surface area contributed by atoms with Gasteiger partial charge in [0.1, 0.15) is 18.5 Å². The lowest BCUT2D eigenvalue weighted by Gasteiger charge is -2.26. The van der Waals surface area contributed by atoms with Crippen molar-refractivity contribution < 1.29 is 31.1 Å². The van der Waals surface area contributed by atoms with E-state index in [1.807, 2.05) is 0 Å². The molecule has 3 aromatic rings. The van der Waals surface area contributed by atoms with E-state index in [0.29, 0.717) is 6.61 Å². The number of sulfonamides is 1. The second-order valence-electron chi connectivity index (χ2n) is 6.86. The molecule has 0 bridgehead atoms. The van der Waals surface area contributed by atoms with E-state index in [1.165, 1.54) is 30.3 Å². The number of epoxide rings is 1. The van der Waals surface area contributed by atoms with Crippen molar-refractivity contribution in [3.05, 3.63) is 84.4 Å². The third kappa shape index (κ3) is 4.67. The van der Waals surface area contributed by atoms with Crippen molar-refractivity contribution in [2.45, 2.75) is 17.2 Å². The molecule has 3 aromatic carbocycles. The molecular formula is C22H18F3NO4S. The number of anilines is 2. The number of hydrogen-bond donors (Lipinski definition) is 0. The summed E-state index contributed by atoms with van der Waals surface area (Å²) in [6.45, 7) is 0.434. The van der Waals surface area contributed by atoms with E-state index in [2.05, 4.69) is 0 Å². The molecule has 1 unspecified atom stereocenters. The molecule has 0 N–H and O–H groups in total. The topological polar surface area (TPSA) is 59.1 Å². The van der Waals surface area contributed by atoms with Gasteiger partial charge in [0.25, 0.3) is 10.0 Å². The van der Waals surface area contributed by atoms with Gasteiger partial charge in [-0.25, -0.2) is 12.7 Å². The zero-order valence-electron chi connectivity index (χ0n) is 16.1. The van der Waals surface area contributed by atoms with Crippen LogP contribution in [-0.2, 0) is 20.9 Å². The van der Waals surface area contributed by atoms with E-state index in [0.717, 1.165) is 16.4 Å². The van der Waals surface area contributed by atoms with Crippen LogP contribution in [0.2, 0.25) is 0 Å². The van der Waals surface area contributed by atoms with Gasteiger partial charge in [0.2, 0.25) is 0 Å². The van der Waals surface area contributed by atoms with Crippen LogP contribution in [0.5, 0.6) is 5.75 Å². The number of benzene rings is 3. The summed E-state index contributed by atoms with van der Waals surface area (Å²) in [5.41, 5.74) is -1.01. The Morgan fingerprint density at radius 2 is 1.55 bits per heavy atom. The van der Waals surface area contributed by atoms with Crippen LogP contribution in [0.15, 0.2) is 83.8 Å². The third-order valence-corrected chi connectivity index (χ3v) is 6.37. The largest absolute Gasteiger partial charge is 0.490 e. The predicted octanol–water partition coefficient (Wildman–Crippen LogP) is 5.01. The molecule has 0 saturated carbocycles. The van der Waals surface area contributed by atoms with Gasteiger partial charge < -0.3 is 9.47 Å². The molecule has 5 nitrogen and oxygen atoms in total. The first-order valence-corrected chi connectivity index (χ1v) is 10.8. The molecule has 1 aliphatic rings. The lowest BCUT2D eigenvalue weighted by atomic mass is 10.1. The second kappa shape index (κ2) is 8.24. The molecule has 31 heavy (non-hydrogen) atoms. The van der Waals surface area contributed by atoms with E-state index in [-0.39, 0.29) is 34.7 Å². The molecule has 0 radical (unpaired) electrons. The summed E-state index contributed by atoms with van der Waals surface area (Å²) >= 11 is 0. The molecule has 1 fully saturated rings. The van der Waals surface area contributed by atoms with Crippen LogP contribution in [0.25, 0.3) is 0 Å². The molecule has 0 aliphatic carbocycles. The van der Waals surface area contributed by atoms with Gasteiger partial charge in [-0.1, -0.05) is 36.4 Å². The first-order valence-electron chi connectivity index (χ1n) is 9.38. The quantitative estimate of drug-likeness (QED) is 0.476. The van der Waals surface area contributed by atoms with E-state index in [9.17, 15) is 21.6 Å². The normalized spacial score (nSPS) is 16.0. The summed E-state index contributed by atoms with van der Waals surface area (Å²) in [7, 11) is -4.19. The maximum atomic E-state index is 13.8. The number of nitrogens with zero attached hydrogens (tertiary/aromatic N) is 1. The number of halogens is 3. The van der Waals surface area contributed by atoms with Gasteiger partial charge in [-0.05, 0) is 42.5 Å². The van der Waals surface area contributed by atoms with E-state index < -0.39 is 21.8 Å². The Morgan fingerprint density at radius 3 is 2.13 bits per heavy atom. The summed E-state index contributed by atoms with van der Waals surface area (Å²) in [6.07, 6.45) is -4.96. The fraction of sp³-hybridized carbons (Fsp3) is 0.182. The fourth-order valence-corrected chi connectivity index (χ4v) is 4.53. The van der Waals surface area contributed by atoms with E-state index >= 15 is 0 Å². The average molecular weight is 449 g/mol. The summed E-state index contributed by atoms with van der Waals surface area (Å²) in [6, 6.07) is 18.7. The highest BCUT2D eigenvalue weighted by Crippen LogP contribution is 2.41. The number of hydrogen-bond acceptors (Lipinski definition) is 4. The Bertz CT molecular complexity index is 1150. The zero-order valence-corrected chi connectivity index (χ0v) is 16.9. The molecule has 1 atom stereocenters. The van der Waals surface area contributed by atoms with Crippen molar-refractivity contribution >= 4 is 21.4 Å². The summed E-state index contributed by atoms with van der Waals surface area (Å²) < 4.78 is 79.3. The van der Waals surface area contributed by atoms with Crippen molar-refractivity contribution in [1.29, 1.82) is 0 Å². The summed E-state index contributed by atoms with van der Waals surface area (Å²) in [5, 5.41) is 0. The van der Waals surface area contributed by atoms with Gasteiger partial charge in [0.05, 0.1) is 28.4 Å². The van der Waals surface area contributed by atoms with Crippen LogP contribution in [0.1, 0.15) is 5.56 Å². The SMILES string of the molecule is O=S(=O)(c1ccccc1)N(c1ccccc1)c1ccc(OCC2CO2)c(C(F)(F)F)c1. The second-order valence-corrected chi connectivity index (χ2v) is 8.65. The molecule has 4 rings (SSSR count). The van der Waals surface area contributed by atoms with Gasteiger partial charge in [-0.2, -0.15) is 13.2 Å². The monoisotopic (exact) mass is 449 g/mol. The smallest absolute Gasteiger partial charge is 0.420 e. The summed E-state index contributed by atoms with van der Waals surface area (Å²) in [4.78, 5) is -0.0429. The van der Waals surface area contributed by atoms with Gasteiger partial charge in [-0.3, -0.25) is 0 Å². The van der Waals surface area contributed by atoms with E-state index in [1.54, 1.807) is 36.4 Å². The Balaban J connectivity index is 1.83. The van der Waals surface area contributed by atoms with Crippen LogP contribution in [0, 0.1) is 0 Å². The van der Waals surface area contributed by atoms with Crippen molar-refractivity contribution in [3.8, 4) is 5.75 Å². The Morgan fingerprint density at radius 1 is 0.935 bits per heavy atom. The van der Waals surface area contributed by atoms with Crippen molar-refractivity contribution in [3.63, 3.8) is 0 Å². The molecule has 1 aliphatic heterocycles. The highest BCUT2D eigenvalue weighted by molar-refractivity contribution is 7.93. The molecule has 1 saturated heterocycles. The number of para-hydroxylation sites is 1. The predicted molar refractivity (Wildman–Crippen MR) is 109 cm³/mol. The Hall–Kier alpha value is -3.04. The summed E-state index contributed by atoms with van der Waals surface area (Å²) in [5.74, 6) is -0.378. The number of alkyl halides is 3. The standard InChI is InChI=1S/C22H18F3NO4S/c23-22(24,25)20-13-17(11-12-21(20)30-15-18-14-29-18)26(16-7-3-1-4-8-16)31(27,28)19-9-5-2-6-10-19/h1-13,18H,14-15H2. The van der Waals surface area contributed by atoms with Gasteiger partial charge in [0, 0.05) is 0 Å². The minimum atomic E-state index is -4.74. The van der Waals surface area contributed by atoms with Gasteiger partial charge in [0.15, 0.2) is 0 Å². The first-order chi connectivity index (χ1) is 14.8. The Kier molecular flexibility index (Phi) is 5.63. The lowest BCUT2D eigenvalue weighted by molar-refractivity contribution is -0.138. The minimum Gasteiger partial charge on any atom is -0.490 e. The molecule has 9 heteroatoms. The lowest BCUT2D eigenvalue weighted by Crippen LogP contribution is -2.26. The number of ether oxygens (including phenoxy) is 2. The molecule has 0 aromatic heterocycles. The van der Waals surface area contributed by atoms with Crippen LogP contribution < -0.4 is 9.04 Å². The fourth-order valence-electron chi connectivity index (χ4n) is 3.03. The van der Waals surface area contributed by atoms with E-state index in [4.69, 9.17) is 9.47 Å². The molecule has 0 spiro atoms. The average Bonchev–Trinajstić information content (AvgIpc) is 3.58. The van der Waals surface area contributed by atoms with Crippen molar-refractivity contribution in [2.24, 2.45) is 0 Å². The maximum Gasteiger partial charge on any atom is 0.420 e. The van der Waals surface area contributed by atoms with Crippen molar-refractivity contribution in [1.82, 2.24) is 0 Å². The highest BCUT2D eigenvalue weighted by atomic mass is 32.2.